The summed E-state index contributed by atoms with van der Waals surface area (Å²) in [6.45, 7) is 0.440. The molecule has 0 aromatic heterocycles. The minimum Gasteiger partial charge on any atom is -0.496 e. The Hall–Kier alpha value is -1.55. The minimum atomic E-state index is -0.377. The van der Waals surface area contributed by atoms with Crippen LogP contribution in [0.15, 0.2) is 18.2 Å². The third-order valence-electron chi connectivity index (χ3n) is 1.95. The molecule has 14 heavy (non-hydrogen) atoms. The summed E-state index contributed by atoms with van der Waals surface area (Å²) in [6, 6.07) is 5.49. The van der Waals surface area contributed by atoms with Crippen LogP contribution in [0.5, 0.6) is 5.75 Å². The summed E-state index contributed by atoms with van der Waals surface area (Å²) >= 11 is 0. The van der Waals surface area contributed by atoms with E-state index in [0.29, 0.717) is 12.3 Å². The summed E-state index contributed by atoms with van der Waals surface area (Å²) in [5.74, 6) is 0.290. The van der Waals surface area contributed by atoms with Gasteiger partial charge in [-0.15, -0.1) is 0 Å². The van der Waals surface area contributed by atoms with Gasteiger partial charge in [0.15, 0.2) is 0 Å². The highest BCUT2D eigenvalue weighted by Crippen LogP contribution is 2.19. The first-order chi connectivity index (χ1) is 6.67. The van der Waals surface area contributed by atoms with Crippen molar-refractivity contribution in [3.63, 3.8) is 0 Å². The number of carbonyl (C=O) groups is 1. The average Bonchev–Trinajstić information content (AvgIpc) is 2.16. The molecule has 1 rings (SSSR count). The van der Waals surface area contributed by atoms with Gasteiger partial charge in [-0.05, 0) is 11.6 Å². The molecule has 4 N–H and O–H groups in total. The van der Waals surface area contributed by atoms with Crippen LogP contribution >= 0.6 is 0 Å². The van der Waals surface area contributed by atoms with Crippen molar-refractivity contribution in [3.8, 4) is 5.75 Å². The Balaban J connectivity index is 3.01. The number of primary amides is 1. The van der Waals surface area contributed by atoms with Gasteiger partial charge in [0.25, 0.3) is 0 Å². The number of hydrogen-bond donors (Lipinski definition) is 2. The Labute approximate surface area is 82.8 Å². The quantitative estimate of drug-likeness (QED) is 0.717. The van der Waals surface area contributed by atoms with Crippen molar-refractivity contribution < 1.29 is 9.53 Å². The lowest BCUT2D eigenvalue weighted by molar-refractivity contribution is -0.117. The zero-order valence-electron chi connectivity index (χ0n) is 8.12. The Morgan fingerprint density at radius 2 is 2.21 bits per heavy atom. The predicted octanol–water partition coefficient (Wildman–Crippen LogP) is 0.182. The molecule has 0 aliphatic carbocycles. The lowest BCUT2D eigenvalue weighted by atomic mass is 10.1. The van der Waals surface area contributed by atoms with E-state index in [1.165, 1.54) is 0 Å². The zero-order chi connectivity index (χ0) is 10.6. The molecule has 1 aromatic rings. The fourth-order valence-electron chi connectivity index (χ4n) is 1.28. The highest BCUT2D eigenvalue weighted by Gasteiger charge is 2.06. The number of amides is 1. The summed E-state index contributed by atoms with van der Waals surface area (Å²) in [5, 5.41) is 0. The van der Waals surface area contributed by atoms with Gasteiger partial charge >= 0.3 is 0 Å². The number of ether oxygens (including phenoxy) is 1. The van der Waals surface area contributed by atoms with Gasteiger partial charge in [0.2, 0.25) is 5.91 Å². The lowest BCUT2D eigenvalue weighted by Gasteiger charge is -2.08. The lowest BCUT2D eigenvalue weighted by Crippen LogP contribution is -2.14. The van der Waals surface area contributed by atoms with E-state index in [-0.39, 0.29) is 12.3 Å². The standard InChI is InChI=1S/C10H14N2O2/c1-14-9-3-2-7(6-11)4-8(9)5-10(12)13/h2-4H,5-6,11H2,1H3,(H2,12,13). The molecule has 76 valence electrons. The van der Waals surface area contributed by atoms with E-state index in [9.17, 15) is 4.79 Å². The smallest absolute Gasteiger partial charge is 0.221 e. The van der Waals surface area contributed by atoms with Crippen molar-refractivity contribution in [2.75, 3.05) is 7.11 Å². The molecule has 0 aliphatic heterocycles. The van der Waals surface area contributed by atoms with Gasteiger partial charge in [-0.25, -0.2) is 0 Å². The molecular formula is C10H14N2O2. The van der Waals surface area contributed by atoms with E-state index in [2.05, 4.69) is 0 Å². The van der Waals surface area contributed by atoms with Gasteiger partial charge in [0, 0.05) is 12.1 Å². The maximum absolute atomic E-state index is 10.8. The van der Waals surface area contributed by atoms with Crippen LogP contribution < -0.4 is 16.2 Å². The van der Waals surface area contributed by atoms with Crippen molar-refractivity contribution >= 4 is 5.91 Å². The molecule has 0 bridgehead atoms. The van der Waals surface area contributed by atoms with Crippen LogP contribution in [0.25, 0.3) is 0 Å². The maximum Gasteiger partial charge on any atom is 0.221 e. The van der Waals surface area contributed by atoms with E-state index in [1.807, 2.05) is 12.1 Å². The Morgan fingerprint density at radius 3 is 2.71 bits per heavy atom. The Bertz CT molecular complexity index is 337. The molecule has 1 amide bonds. The molecule has 0 aliphatic rings. The summed E-state index contributed by atoms with van der Waals surface area (Å²) in [6.07, 6.45) is 0.178. The fourth-order valence-corrected chi connectivity index (χ4v) is 1.28. The number of carbonyl (C=O) groups excluding carboxylic acids is 1. The molecule has 0 unspecified atom stereocenters. The molecule has 0 saturated heterocycles. The van der Waals surface area contributed by atoms with E-state index < -0.39 is 0 Å². The van der Waals surface area contributed by atoms with Gasteiger partial charge in [-0.2, -0.15) is 0 Å². The van der Waals surface area contributed by atoms with E-state index >= 15 is 0 Å². The minimum absolute atomic E-state index is 0.178. The van der Waals surface area contributed by atoms with Gasteiger partial charge in [-0.1, -0.05) is 12.1 Å². The molecule has 0 atom stereocenters. The van der Waals surface area contributed by atoms with Gasteiger partial charge in [0.1, 0.15) is 5.75 Å². The topological polar surface area (TPSA) is 78.3 Å². The third-order valence-corrected chi connectivity index (χ3v) is 1.95. The normalized spacial score (nSPS) is 9.86. The zero-order valence-corrected chi connectivity index (χ0v) is 8.12. The van der Waals surface area contributed by atoms with E-state index in [0.717, 1.165) is 11.1 Å². The van der Waals surface area contributed by atoms with Crippen molar-refractivity contribution in [2.45, 2.75) is 13.0 Å². The molecule has 0 spiro atoms. The highest BCUT2D eigenvalue weighted by atomic mass is 16.5. The third kappa shape index (κ3) is 2.47. The fraction of sp³-hybridized carbons (Fsp3) is 0.300. The summed E-state index contributed by atoms with van der Waals surface area (Å²) < 4.78 is 5.10. The molecule has 0 heterocycles. The first kappa shape index (κ1) is 10.5. The Morgan fingerprint density at radius 1 is 1.50 bits per heavy atom. The van der Waals surface area contributed by atoms with Crippen LogP contribution in [0.3, 0.4) is 0 Å². The van der Waals surface area contributed by atoms with Crippen LogP contribution in [-0.4, -0.2) is 13.0 Å². The van der Waals surface area contributed by atoms with E-state index in [4.69, 9.17) is 16.2 Å². The second kappa shape index (κ2) is 4.62. The van der Waals surface area contributed by atoms with Crippen molar-refractivity contribution in [1.82, 2.24) is 0 Å². The van der Waals surface area contributed by atoms with Crippen molar-refractivity contribution in [3.05, 3.63) is 29.3 Å². The van der Waals surface area contributed by atoms with Crippen LogP contribution in [0.2, 0.25) is 0 Å². The number of nitrogens with two attached hydrogens (primary N) is 2. The second-order valence-corrected chi connectivity index (χ2v) is 2.99. The van der Waals surface area contributed by atoms with Crippen LogP contribution in [-0.2, 0) is 17.8 Å². The maximum atomic E-state index is 10.8. The van der Waals surface area contributed by atoms with Gasteiger partial charge in [-0.3, -0.25) is 4.79 Å². The average molecular weight is 194 g/mol. The molecule has 4 heteroatoms. The molecular weight excluding hydrogens is 180 g/mol. The number of hydrogen-bond acceptors (Lipinski definition) is 3. The molecule has 0 radical (unpaired) electrons. The number of rotatable bonds is 4. The second-order valence-electron chi connectivity index (χ2n) is 2.99. The van der Waals surface area contributed by atoms with Crippen molar-refractivity contribution in [2.24, 2.45) is 11.5 Å². The Kier molecular flexibility index (Phi) is 3.48. The molecule has 0 saturated carbocycles. The molecule has 4 nitrogen and oxygen atoms in total. The monoisotopic (exact) mass is 194 g/mol. The highest BCUT2D eigenvalue weighted by molar-refractivity contribution is 5.77. The first-order valence-electron chi connectivity index (χ1n) is 4.31. The van der Waals surface area contributed by atoms with Crippen LogP contribution in [0.1, 0.15) is 11.1 Å². The summed E-state index contributed by atoms with van der Waals surface area (Å²) in [5.41, 5.74) is 12.3. The SMILES string of the molecule is COc1ccc(CN)cc1CC(N)=O. The molecule has 1 aromatic carbocycles. The van der Waals surface area contributed by atoms with Gasteiger partial charge in [0.05, 0.1) is 13.5 Å². The number of methoxy groups -OCH3 is 1. The van der Waals surface area contributed by atoms with Gasteiger partial charge < -0.3 is 16.2 Å². The number of benzene rings is 1. The van der Waals surface area contributed by atoms with Crippen molar-refractivity contribution in [1.29, 1.82) is 0 Å². The first-order valence-corrected chi connectivity index (χ1v) is 4.31. The largest absolute Gasteiger partial charge is 0.496 e. The van der Waals surface area contributed by atoms with Crippen LogP contribution in [0, 0.1) is 0 Å². The molecule has 0 fully saturated rings. The van der Waals surface area contributed by atoms with Crippen LogP contribution in [0.4, 0.5) is 0 Å². The predicted molar refractivity (Wildman–Crippen MR) is 53.8 cm³/mol. The summed E-state index contributed by atoms with van der Waals surface area (Å²) in [7, 11) is 1.56. The van der Waals surface area contributed by atoms with E-state index in [1.54, 1.807) is 13.2 Å². The summed E-state index contributed by atoms with van der Waals surface area (Å²) in [4.78, 5) is 10.8.